The van der Waals surface area contributed by atoms with Gasteiger partial charge in [-0.25, -0.2) is 0 Å². The number of hydrogen-bond acceptors (Lipinski definition) is 2. The number of hydrogen-bond donors (Lipinski definition) is 0. The molecule has 3 heteroatoms. The van der Waals surface area contributed by atoms with E-state index in [1.165, 1.54) is 12.8 Å². The summed E-state index contributed by atoms with van der Waals surface area (Å²) in [6.45, 7) is 0.764. The van der Waals surface area contributed by atoms with Crippen molar-refractivity contribution in [2.45, 2.75) is 32.1 Å². The van der Waals surface area contributed by atoms with Crippen LogP contribution in [0.5, 0.6) is 5.75 Å². The largest absolute Gasteiger partial charge is 0.494 e. The Hall–Kier alpha value is -0.830. The molecule has 0 aromatic heterocycles. The SMILES string of the molecule is O=C1CCc2cc(OCCCCCBr)ccc21. The summed E-state index contributed by atoms with van der Waals surface area (Å²) in [5, 5.41) is 1.06. The van der Waals surface area contributed by atoms with Crippen LogP contribution in [0.15, 0.2) is 18.2 Å². The molecular weight excluding hydrogens is 280 g/mol. The van der Waals surface area contributed by atoms with E-state index in [1.807, 2.05) is 18.2 Å². The Labute approximate surface area is 110 Å². The van der Waals surface area contributed by atoms with Crippen LogP contribution in [0.25, 0.3) is 0 Å². The van der Waals surface area contributed by atoms with Gasteiger partial charge in [0.2, 0.25) is 0 Å². The highest BCUT2D eigenvalue weighted by atomic mass is 79.9. The fraction of sp³-hybridized carbons (Fsp3) is 0.500. The zero-order chi connectivity index (χ0) is 12.1. The Balaban J connectivity index is 1.84. The van der Waals surface area contributed by atoms with Crippen LogP contribution < -0.4 is 4.74 Å². The normalized spacial score (nSPS) is 13.8. The Bertz CT molecular complexity index is 401. The third kappa shape index (κ3) is 3.32. The molecule has 0 aliphatic heterocycles. The van der Waals surface area contributed by atoms with Crippen LogP contribution in [0.4, 0.5) is 0 Å². The number of ether oxygens (including phenoxy) is 1. The van der Waals surface area contributed by atoms with Gasteiger partial charge in [-0.3, -0.25) is 4.79 Å². The van der Waals surface area contributed by atoms with Crippen molar-refractivity contribution in [1.29, 1.82) is 0 Å². The summed E-state index contributed by atoms with van der Waals surface area (Å²) in [6, 6.07) is 5.83. The van der Waals surface area contributed by atoms with E-state index >= 15 is 0 Å². The third-order valence-corrected chi connectivity index (χ3v) is 3.61. The molecule has 2 nitrogen and oxygen atoms in total. The third-order valence-electron chi connectivity index (χ3n) is 3.05. The lowest BCUT2D eigenvalue weighted by atomic mass is 10.1. The molecule has 92 valence electrons. The number of fused-ring (bicyclic) bond motifs is 1. The molecule has 0 radical (unpaired) electrons. The molecule has 0 spiro atoms. The minimum atomic E-state index is 0.267. The first-order valence-corrected chi connectivity index (χ1v) is 7.28. The highest BCUT2D eigenvalue weighted by Gasteiger charge is 2.19. The summed E-state index contributed by atoms with van der Waals surface area (Å²) in [5.74, 6) is 1.17. The maximum Gasteiger partial charge on any atom is 0.163 e. The second-order valence-corrected chi connectivity index (χ2v) is 5.13. The number of halogens is 1. The average Bonchev–Trinajstić information content (AvgIpc) is 2.71. The molecule has 0 bridgehead atoms. The monoisotopic (exact) mass is 296 g/mol. The number of aryl methyl sites for hydroxylation is 1. The van der Waals surface area contributed by atoms with Crippen molar-refractivity contribution in [2.75, 3.05) is 11.9 Å². The summed E-state index contributed by atoms with van der Waals surface area (Å²) < 4.78 is 5.69. The van der Waals surface area contributed by atoms with E-state index in [1.54, 1.807) is 0 Å². The Morgan fingerprint density at radius 2 is 2.06 bits per heavy atom. The van der Waals surface area contributed by atoms with E-state index in [9.17, 15) is 4.79 Å². The topological polar surface area (TPSA) is 26.3 Å². The number of Topliss-reactive ketones (excluding diaryl/α,β-unsaturated/α-hetero) is 1. The zero-order valence-corrected chi connectivity index (χ0v) is 11.5. The van der Waals surface area contributed by atoms with E-state index < -0.39 is 0 Å². The zero-order valence-electron chi connectivity index (χ0n) is 9.88. The fourth-order valence-electron chi connectivity index (χ4n) is 2.08. The summed E-state index contributed by atoms with van der Waals surface area (Å²) in [7, 11) is 0. The summed E-state index contributed by atoms with van der Waals surface area (Å²) in [6.07, 6.45) is 5.00. The van der Waals surface area contributed by atoms with Crippen molar-refractivity contribution in [1.82, 2.24) is 0 Å². The van der Waals surface area contributed by atoms with Gasteiger partial charge in [0.15, 0.2) is 5.78 Å². The maximum atomic E-state index is 11.5. The van der Waals surface area contributed by atoms with Gasteiger partial charge in [-0.1, -0.05) is 15.9 Å². The fourth-order valence-corrected chi connectivity index (χ4v) is 2.48. The first-order valence-electron chi connectivity index (χ1n) is 6.16. The van der Waals surface area contributed by atoms with Crippen LogP contribution >= 0.6 is 15.9 Å². The number of alkyl halides is 1. The van der Waals surface area contributed by atoms with Crippen molar-refractivity contribution in [3.63, 3.8) is 0 Å². The lowest BCUT2D eigenvalue weighted by Gasteiger charge is -2.07. The van der Waals surface area contributed by atoms with E-state index in [-0.39, 0.29) is 5.78 Å². The number of rotatable bonds is 6. The van der Waals surface area contributed by atoms with Gasteiger partial charge in [0.05, 0.1) is 6.61 Å². The van der Waals surface area contributed by atoms with Gasteiger partial charge in [-0.15, -0.1) is 0 Å². The van der Waals surface area contributed by atoms with Gasteiger partial charge in [0.1, 0.15) is 5.75 Å². The summed E-state index contributed by atoms with van der Waals surface area (Å²) >= 11 is 3.41. The molecule has 0 saturated carbocycles. The van der Waals surface area contributed by atoms with Crippen molar-refractivity contribution < 1.29 is 9.53 Å². The van der Waals surface area contributed by atoms with Crippen molar-refractivity contribution in [3.8, 4) is 5.75 Å². The number of unbranched alkanes of at least 4 members (excludes halogenated alkanes) is 2. The smallest absolute Gasteiger partial charge is 0.163 e. The Morgan fingerprint density at radius 1 is 1.18 bits per heavy atom. The lowest BCUT2D eigenvalue weighted by molar-refractivity contribution is 0.0994. The molecule has 0 heterocycles. The van der Waals surface area contributed by atoms with Gasteiger partial charge < -0.3 is 4.74 Å². The van der Waals surface area contributed by atoms with Crippen LogP contribution in [0.3, 0.4) is 0 Å². The molecular formula is C14H17BrO2. The molecule has 0 saturated heterocycles. The molecule has 0 N–H and O–H groups in total. The quantitative estimate of drug-likeness (QED) is 0.590. The summed E-state index contributed by atoms with van der Waals surface area (Å²) in [4.78, 5) is 11.5. The molecule has 0 unspecified atom stereocenters. The van der Waals surface area contributed by atoms with E-state index in [0.717, 1.165) is 41.7 Å². The Kier molecular flexibility index (Phi) is 4.60. The predicted octanol–water partition coefficient (Wildman–Crippen LogP) is 3.76. The Morgan fingerprint density at radius 3 is 2.88 bits per heavy atom. The second kappa shape index (κ2) is 6.20. The second-order valence-electron chi connectivity index (χ2n) is 4.34. The lowest BCUT2D eigenvalue weighted by Crippen LogP contribution is -1.98. The molecule has 2 rings (SSSR count). The van der Waals surface area contributed by atoms with Crippen molar-refractivity contribution >= 4 is 21.7 Å². The molecule has 1 aromatic rings. The van der Waals surface area contributed by atoms with Crippen LogP contribution in [0.1, 0.15) is 41.6 Å². The van der Waals surface area contributed by atoms with Crippen molar-refractivity contribution in [2.24, 2.45) is 0 Å². The number of carbonyl (C=O) groups is 1. The van der Waals surface area contributed by atoms with Crippen LogP contribution in [-0.4, -0.2) is 17.7 Å². The van der Waals surface area contributed by atoms with Gasteiger partial charge in [-0.05, 0) is 49.4 Å². The first kappa shape index (κ1) is 12.6. The van der Waals surface area contributed by atoms with Crippen LogP contribution in [-0.2, 0) is 6.42 Å². The van der Waals surface area contributed by atoms with Gasteiger partial charge in [0.25, 0.3) is 0 Å². The minimum absolute atomic E-state index is 0.267. The minimum Gasteiger partial charge on any atom is -0.494 e. The highest BCUT2D eigenvalue weighted by Crippen LogP contribution is 2.26. The number of ketones is 1. The predicted molar refractivity (Wildman–Crippen MR) is 72.2 cm³/mol. The van der Waals surface area contributed by atoms with Gasteiger partial charge >= 0.3 is 0 Å². The van der Waals surface area contributed by atoms with E-state index in [0.29, 0.717) is 6.42 Å². The summed E-state index contributed by atoms with van der Waals surface area (Å²) in [5.41, 5.74) is 2.03. The molecule has 1 aromatic carbocycles. The molecule has 17 heavy (non-hydrogen) atoms. The molecule has 0 atom stereocenters. The van der Waals surface area contributed by atoms with Crippen molar-refractivity contribution in [3.05, 3.63) is 29.3 Å². The van der Waals surface area contributed by atoms with Gasteiger partial charge in [0, 0.05) is 17.3 Å². The number of benzene rings is 1. The maximum absolute atomic E-state index is 11.5. The first-order chi connectivity index (χ1) is 8.31. The number of carbonyl (C=O) groups excluding carboxylic acids is 1. The van der Waals surface area contributed by atoms with Crippen LogP contribution in [0, 0.1) is 0 Å². The standard InChI is InChI=1S/C14H17BrO2/c15-8-2-1-3-9-17-12-5-6-13-11(10-12)4-7-14(13)16/h5-6,10H,1-4,7-9H2. The molecule has 0 amide bonds. The molecule has 1 aliphatic rings. The highest BCUT2D eigenvalue weighted by molar-refractivity contribution is 9.09. The average molecular weight is 297 g/mol. The molecule has 1 aliphatic carbocycles. The molecule has 0 fully saturated rings. The van der Waals surface area contributed by atoms with Crippen LogP contribution in [0.2, 0.25) is 0 Å². The van der Waals surface area contributed by atoms with E-state index in [4.69, 9.17) is 4.74 Å². The van der Waals surface area contributed by atoms with E-state index in [2.05, 4.69) is 15.9 Å². The van der Waals surface area contributed by atoms with Gasteiger partial charge in [-0.2, -0.15) is 0 Å².